The summed E-state index contributed by atoms with van der Waals surface area (Å²) in [5, 5.41) is 1.07. The summed E-state index contributed by atoms with van der Waals surface area (Å²) in [4.78, 5) is 0. The van der Waals surface area contributed by atoms with Gasteiger partial charge < -0.3 is 0 Å². The fourth-order valence-electron chi connectivity index (χ4n) is 1.37. The Morgan fingerprint density at radius 2 is 1.77 bits per heavy atom. The Morgan fingerprint density at radius 3 is 2.54 bits per heavy atom. The summed E-state index contributed by atoms with van der Waals surface area (Å²) in [5.41, 5.74) is 0.583. The van der Waals surface area contributed by atoms with Gasteiger partial charge in [0.25, 0.3) is 0 Å². The van der Waals surface area contributed by atoms with Crippen molar-refractivity contribution in [2.75, 3.05) is 0 Å². The van der Waals surface area contributed by atoms with Crippen molar-refractivity contribution < 1.29 is 8.78 Å². The Balaban J connectivity index is 2.87. The van der Waals surface area contributed by atoms with Crippen molar-refractivity contribution in [2.24, 2.45) is 0 Å². The highest BCUT2D eigenvalue weighted by atomic mass is 19.1. The van der Waals surface area contributed by atoms with E-state index < -0.39 is 0 Å². The van der Waals surface area contributed by atoms with Gasteiger partial charge in [-0.15, -0.1) is 0 Å². The molecule has 0 aliphatic heterocycles. The Labute approximate surface area is 74.8 Å². The van der Waals surface area contributed by atoms with Crippen LogP contribution in [0.4, 0.5) is 8.78 Å². The van der Waals surface area contributed by atoms with Crippen molar-refractivity contribution in [1.29, 1.82) is 0 Å². The summed E-state index contributed by atoms with van der Waals surface area (Å²) in [5.74, 6) is -0.603. The first-order valence-electron chi connectivity index (χ1n) is 4.03. The molecule has 0 fully saturated rings. The van der Waals surface area contributed by atoms with Crippen molar-refractivity contribution in [2.45, 2.75) is 6.92 Å². The second-order valence-electron chi connectivity index (χ2n) is 3.06. The van der Waals surface area contributed by atoms with Crippen LogP contribution in [-0.2, 0) is 0 Å². The molecule has 0 saturated heterocycles. The van der Waals surface area contributed by atoms with Gasteiger partial charge in [0.2, 0.25) is 0 Å². The number of hydrogen-bond acceptors (Lipinski definition) is 0. The van der Waals surface area contributed by atoms with E-state index in [1.54, 1.807) is 19.1 Å². The number of benzene rings is 2. The van der Waals surface area contributed by atoms with Crippen LogP contribution in [0.25, 0.3) is 10.8 Å². The molecular weight excluding hydrogens is 170 g/mol. The van der Waals surface area contributed by atoms with E-state index >= 15 is 0 Å². The minimum Gasteiger partial charge on any atom is -0.207 e. The normalized spacial score (nSPS) is 10.7. The standard InChI is InChI=1S/C11H8F2/c1-7-2-3-8-6-9(12)4-5-10(8)11(7)13/h2-6H,1H3. The largest absolute Gasteiger partial charge is 0.207 e. The average molecular weight is 178 g/mol. The fraction of sp³-hybridized carbons (Fsp3) is 0.0909. The maximum absolute atomic E-state index is 13.4. The van der Waals surface area contributed by atoms with Crippen LogP contribution in [0.15, 0.2) is 30.3 Å². The molecule has 2 rings (SSSR count). The molecule has 0 aliphatic carbocycles. The van der Waals surface area contributed by atoms with Gasteiger partial charge in [-0.2, -0.15) is 0 Å². The van der Waals surface area contributed by atoms with Gasteiger partial charge in [0.05, 0.1) is 0 Å². The number of halogens is 2. The lowest BCUT2D eigenvalue weighted by molar-refractivity contribution is 0.624. The summed E-state index contributed by atoms with van der Waals surface area (Å²) in [6.07, 6.45) is 0. The Kier molecular flexibility index (Phi) is 1.76. The van der Waals surface area contributed by atoms with E-state index in [1.165, 1.54) is 18.2 Å². The molecule has 0 atom stereocenters. The van der Waals surface area contributed by atoms with Crippen LogP contribution in [0.2, 0.25) is 0 Å². The minimum atomic E-state index is -0.337. The molecule has 0 saturated carbocycles. The van der Waals surface area contributed by atoms with E-state index in [9.17, 15) is 8.78 Å². The van der Waals surface area contributed by atoms with E-state index in [1.807, 2.05) is 0 Å². The van der Waals surface area contributed by atoms with E-state index in [-0.39, 0.29) is 11.6 Å². The smallest absolute Gasteiger partial charge is 0.133 e. The van der Waals surface area contributed by atoms with Crippen molar-refractivity contribution >= 4 is 10.8 Å². The molecule has 0 heterocycles. The third-order valence-electron chi connectivity index (χ3n) is 2.11. The monoisotopic (exact) mass is 178 g/mol. The predicted octanol–water partition coefficient (Wildman–Crippen LogP) is 3.43. The molecule has 0 amide bonds. The van der Waals surface area contributed by atoms with Crippen molar-refractivity contribution in [3.05, 3.63) is 47.5 Å². The Morgan fingerprint density at radius 1 is 1.00 bits per heavy atom. The molecule has 2 aromatic carbocycles. The molecule has 0 bridgehead atoms. The predicted molar refractivity (Wildman–Crippen MR) is 48.6 cm³/mol. The van der Waals surface area contributed by atoms with Gasteiger partial charge in [-0.25, -0.2) is 8.78 Å². The highest BCUT2D eigenvalue weighted by Crippen LogP contribution is 2.21. The first kappa shape index (κ1) is 8.17. The second kappa shape index (κ2) is 2.80. The average Bonchev–Trinajstić information content (AvgIpc) is 2.12. The third kappa shape index (κ3) is 1.28. The second-order valence-corrected chi connectivity index (χ2v) is 3.06. The zero-order chi connectivity index (χ0) is 9.42. The number of hydrogen-bond donors (Lipinski definition) is 0. The van der Waals surface area contributed by atoms with Gasteiger partial charge in [-0.3, -0.25) is 0 Å². The molecule has 2 aromatic rings. The summed E-state index contributed by atoms with van der Waals surface area (Å²) < 4.78 is 26.2. The van der Waals surface area contributed by atoms with E-state index in [4.69, 9.17) is 0 Å². The maximum atomic E-state index is 13.4. The molecule has 0 spiro atoms. The van der Waals surface area contributed by atoms with E-state index in [0.29, 0.717) is 16.3 Å². The fourth-order valence-corrected chi connectivity index (χ4v) is 1.37. The van der Waals surface area contributed by atoms with Gasteiger partial charge in [0.1, 0.15) is 11.6 Å². The maximum Gasteiger partial charge on any atom is 0.133 e. The van der Waals surface area contributed by atoms with E-state index in [0.717, 1.165) is 0 Å². The first-order chi connectivity index (χ1) is 6.18. The number of rotatable bonds is 0. The lowest BCUT2D eigenvalue weighted by Gasteiger charge is -2.01. The van der Waals surface area contributed by atoms with Gasteiger partial charge >= 0.3 is 0 Å². The van der Waals surface area contributed by atoms with Gasteiger partial charge in [0, 0.05) is 5.39 Å². The number of aryl methyl sites for hydroxylation is 1. The molecule has 0 aromatic heterocycles. The summed E-state index contributed by atoms with van der Waals surface area (Å²) in [7, 11) is 0. The van der Waals surface area contributed by atoms with Crippen molar-refractivity contribution in [1.82, 2.24) is 0 Å². The molecule has 0 N–H and O–H groups in total. The van der Waals surface area contributed by atoms with Crippen LogP contribution < -0.4 is 0 Å². The van der Waals surface area contributed by atoms with Crippen molar-refractivity contribution in [3.63, 3.8) is 0 Å². The third-order valence-corrected chi connectivity index (χ3v) is 2.11. The number of fused-ring (bicyclic) bond motifs is 1. The van der Waals surface area contributed by atoms with Crippen LogP contribution in [-0.4, -0.2) is 0 Å². The highest BCUT2D eigenvalue weighted by molar-refractivity contribution is 5.83. The van der Waals surface area contributed by atoms with Gasteiger partial charge in [0.15, 0.2) is 0 Å². The summed E-state index contributed by atoms with van der Waals surface area (Å²) >= 11 is 0. The van der Waals surface area contributed by atoms with E-state index in [2.05, 4.69) is 0 Å². The molecule has 0 aliphatic rings. The van der Waals surface area contributed by atoms with Gasteiger partial charge in [-0.05, 0) is 36.1 Å². The molecule has 0 unspecified atom stereocenters. The summed E-state index contributed by atoms with van der Waals surface area (Å²) in [6, 6.07) is 7.43. The van der Waals surface area contributed by atoms with Crippen LogP contribution in [0.1, 0.15) is 5.56 Å². The van der Waals surface area contributed by atoms with Crippen molar-refractivity contribution in [3.8, 4) is 0 Å². The SMILES string of the molecule is Cc1ccc2cc(F)ccc2c1F. The van der Waals surface area contributed by atoms with Gasteiger partial charge in [-0.1, -0.05) is 12.1 Å². The molecule has 13 heavy (non-hydrogen) atoms. The lowest BCUT2D eigenvalue weighted by Crippen LogP contribution is -1.85. The topological polar surface area (TPSA) is 0 Å². The highest BCUT2D eigenvalue weighted by Gasteiger charge is 2.03. The zero-order valence-corrected chi connectivity index (χ0v) is 7.14. The molecule has 0 nitrogen and oxygen atoms in total. The summed E-state index contributed by atoms with van der Waals surface area (Å²) in [6.45, 7) is 1.69. The quantitative estimate of drug-likeness (QED) is 0.579. The lowest BCUT2D eigenvalue weighted by atomic mass is 10.1. The molecule has 0 radical (unpaired) electrons. The van der Waals surface area contributed by atoms with Crippen LogP contribution in [0.5, 0.6) is 0 Å². The minimum absolute atomic E-state index is 0.266. The molecule has 2 heteroatoms. The molecule has 66 valence electrons. The first-order valence-corrected chi connectivity index (χ1v) is 4.03. The van der Waals surface area contributed by atoms with Crippen LogP contribution in [0.3, 0.4) is 0 Å². The zero-order valence-electron chi connectivity index (χ0n) is 7.14. The Hall–Kier alpha value is -1.44. The molecular formula is C11H8F2. The Bertz CT molecular complexity index is 461. The van der Waals surface area contributed by atoms with Crippen LogP contribution >= 0.6 is 0 Å². The van der Waals surface area contributed by atoms with Crippen LogP contribution in [0, 0.1) is 18.6 Å².